The molecule has 0 bridgehead atoms. The van der Waals surface area contributed by atoms with Crippen LogP contribution in [0, 0.1) is 0 Å². The van der Waals surface area contributed by atoms with Gasteiger partial charge in [-0.15, -0.1) is 0 Å². The molecule has 5 nitrogen and oxygen atoms in total. The number of ether oxygens (including phenoxy) is 1. The minimum atomic E-state index is -0.315. The summed E-state index contributed by atoms with van der Waals surface area (Å²) >= 11 is 0. The highest BCUT2D eigenvalue weighted by atomic mass is 16.5. The molecular weight excluding hydrogens is 246 g/mol. The molecule has 0 aromatic rings. The van der Waals surface area contributed by atoms with Gasteiger partial charge in [0, 0.05) is 13.0 Å². The van der Waals surface area contributed by atoms with Gasteiger partial charge in [-0.25, -0.2) is 0 Å². The van der Waals surface area contributed by atoms with E-state index in [9.17, 15) is 9.59 Å². The van der Waals surface area contributed by atoms with Gasteiger partial charge in [0.05, 0.1) is 19.6 Å². The molecule has 0 fully saturated rings. The van der Waals surface area contributed by atoms with E-state index in [2.05, 4.69) is 0 Å². The molecule has 19 heavy (non-hydrogen) atoms. The number of carbonyl (C=O) groups excluding carboxylic acids is 2. The monoisotopic (exact) mass is 273 g/mol. The summed E-state index contributed by atoms with van der Waals surface area (Å²) in [6.07, 6.45) is 7.66. The Morgan fingerprint density at radius 2 is 1.47 bits per heavy atom. The lowest BCUT2D eigenvalue weighted by molar-refractivity contribution is -0.144. The minimum absolute atomic E-state index is 0.0104. The molecule has 0 saturated heterocycles. The van der Waals surface area contributed by atoms with Crippen molar-refractivity contribution < 1.29 is 19.4 Å². The average molecular weight is 273 g/mol. The van der Waals surface area contributed by atoms with E-state index >= 15 is 0 Å². The number of Topliss-reactive ketones (excluding diaryl/α,β-unsaturated/α-hetero) is 1. The number of nitrogens with two attached hydrogens (primary N) is 1. The van der Waals surface area contributed by atoms with Crippen molar-refractivity contribution in [2.75, 3.05) is 19.8 Å². The Kier molecular flexibility index (Phi) is 12.8. The molecule has 0 spiro atoms. The largest absolute Gasteiger partial charge is 0.466 e. The number of ketones is 1. The molecule has 0 unspecified atom stereocenters. The van der Waals surface area contributed by atoms with Crippen LogP contribution in [-0.4, -0.2) is 36.6 Å². The molecule has 0 rings (SSSR count). The van der Waals surface area contributed by atoms with Crippen molar-refractivity contribution in [3.8, 4) is 0 Å². The fourth-order valence-corrected chi connectivity index (χ4v) is 1.70. The molecule has 3 N–H and O–H groups in total. The molecule has 0 aliphatic rings. The van der Waals surface area contributed by atoms with Crippen molar-refractivity contribution in [1.82, 2.24) is 0 Å². The summed E-state index contributed by atoms with van der Waals surface area (Å²) in [5.41, 5.74) is 5.14. The Labute approximate surface area is 115 Å². The van der Waals surface area contributed by atoms with E-state index in [1.54, 1.807) is 0 Å². The standard InChI is InChI=1S/C14H27NO4/c15-12-13(17)8-9-14(18)19-11-7-5-3-1-2-4-6-10-16/h16H,1-12,15H2. The first kappa shape index (κ1) is 18.1. The van der Waals surface area contributed by atoms with Gasteiger partial charge in [-0.2, -0.15) is 0 Å². The Bertz CT molecular complexity index is 244. The molecule has 112 valence electrons. The van der Waals surface area contributed by atoms with E-state index in [-0.39, 0.29) is 37.7 Å². The van der Waals surface area contributed by atoms with Gasteiger partial charge in [0.1, 0.15) is 5.78 Å². The van der Waals surface area contributed by atoms with E-state index in [1.807, 2.05) is 0 Å². The molecule has 0 radical (unpaired) electrons. The van der Waals surface area contributed by atoms with Crippen LogP contribution in [0.5, 0.6) is 0 Å². The normalized spacial score (nSPS) is 10.4. The molecule has 0 heterocycles. The lowest BCUT2D eigenvalue weighted by Gasteiger charge is -2.04. The summed E-state index contributed by atoms with van der Waals surface area (Å²) in [6.45, 7) is 0.707. The van der Waals surface area contributed by atoms with Crippen LogP contribution < -0.4 is 5.73 Å². The zero-order valence-corrected chi connectivity index (χ0v) is 11.7. The van der Waals surface area contributed by atoms with Crippen molar-refractivity contribution in [3.63, 3.8) is 0 Å². The van der Waals surface area contributed by atoms with Gasteiger partial charge in [-0.1, -0.05) is 32.1 Å². The third kappa shape index (κ3) is 13.3. The van der Waals surface area contributed by atoms with E-state index in [0.29, 0.717) is 6.61 Å². The van der Waals surface area contributed by atoms with Crippen molar-refractivity contribution in [3.05, 3.63) is 0 Å². The Morgan fingerprint density at radius 1 is 0.895 bits per heavy atom. The predicted octanol–water partition coefficient (Wildman–Crippen LogP) is 1.56. The van der Waals surface area contributed by atoms with E-state index in [0.717, 1.165) is 38.5 Å². The Hall–Kier alpha value is -0.940. The highest BCUT2D eigenvalue weighted by Gasteiger charge is 2.06. The number of unbranched alkanes of at least 4 members (excludes halogenated alkanes) is 6. The summed E-state index contributed by atoms with van der Waals surface area (Å²) in [7, 11) is 0. The second-order valence-electron chi connectivity index (χ2n) is 4.66. The minimum Gasteiger partial charge on any atom is -0.466 e. The van der Waals surface area contributed by atoms with Crippen LogP contribution in [0.25, 0.3) is 0 Å². The maximum absolute atomic E-state index is 11.2. The maximum Gasteiger partial charge on any atom is 0.306 e. The number of aliphatic hydroxyl groups is 1. The molecule has 0 aromatic carbocycles. The maximum atomic E-state index is 11.2. The highest BCUT2D eigenvalue weighted by Crippen LogP contribution is 2.07. The molecule has 5 heteroatoms. The van der Waals surface area contributed by atoms with Gasteiger partial charge >= 0.3 is 5.97 Å². The van der Waals surface area contributed by atoms with Gasteiger partial charge in [-0.05, 0) is 12.8 Å². The fraction of sp³-hybridized carbons (Fsp3) is 0.857. The van der Waals surface area contributed by atoms with Gasteiger partial charge in [0.2, 0.25) is 0 Å². The van der Waals surface area contributed by atoms with E-state index in [4.69, 9.17) is 15.6 Å². The third-order valence-electron chi connectivity index (χ3n) is 2.90. The number of esters is 1. The van der Waals surface area contributed by atoms with E-state index in [1.165, 1.54) is 6.42 Å². The first-order valence-corrected chi connectivity index (χ1v) is 7.19. The van der Waals surface area contributed by atoms with Crippen LogP contribution in [0.15, 0.2) is 0 Å². The second-order valence-corrected chi connectivity index (χ2v) is 4.66. The first-order valence-electron chi connectivity index (χ1n) is 7.19. The number of hydrogen-bond donors (Lipinski definition) is 2. The van der Waals surface area contributed by atoms with Crippen LogP contribution in [0.3, 0.4) is 0 Å². The SMILES string of the molecule is NCC(=O)CCC(=O)OCCCCCCCCCO. The van der Waals surface area contributed by atoms with Crippen molar-refractivity contribution in [2.45, 2.75) is 57.8 Å². The van der Waals surface area contributed by atoms with Crippen molar-refractivity contribution in [1.29, 1.82) is 0 Å². The molecule has 0 aliphatic heterocycles. The van der Waals surface area contributed by atoms with E-state index < -0.39 is 0 Å². The molecule has 0 aromatic heterocycles. The van der Waals surface area contributed by atoms with Crippen molar-refractivity contribution >= 4 is 11.8 Å². The Balaban J connectivity index is 3.21. The summed E-state index contributed by atoms with van der Waals surface area (Å²) in [4.78, 5) is 22.1. The molecule has 0 saturated carbocycles. The molecule has 0 amide bonds. The smallest absolute Gasteiger partial charge is 0.306 e. The summed E-state index contributed by atoms with van der Waals surface area (Å²) in [5.74, 6) is -0.426. The van der Waals surface area contributed by atoms with Crippen LogP contribution in [-0.2, 0) is 14.3 Å². The predicted molar refractivity (Wildman–Crippen MR) is 73.7 cm³/mol. The summed E-state index contributed by atoms with van der Waals surface area (Å²) in [6, 6.07) is 0. The quantitative estimate of drug-likeness (QED) is 0.392. The second kappa shape index (κ2) is 13.5. The van der Waals surface area contributed by atoms with Crippen LogP contribution in [0.2, 0.25) is 0 Å². The van der Waals surface area contributed by atoms with Gasteiger partial charge in [-0.3, -0.25) is 9.59 Å². The summed E-state index contributed by atoms with van der Waals surface area (Å²) in [5, 5.41) is 8.61. The lowest BCUT2D eigenvalue weighted by Crippen LogP contribution is -2.15. The molecular formula is C14H27NO4. The van der Waals surface area contributed by atoms with Gasteiger partial charge < -0.3 is 15.6 Å². The number of carbonyl (C=O) groups is 2. The lowest BCUT2D eigenvalue weighted by atomic mass is 10.1. The zero-order chi connectivity index (χ0) is 14.3. The third-order valence-corrected chi connectivity index (χ3v) is 2.90. The topological polar surface area (TPSA) is 89.6 Å². The Morgan fingerprint density at radius 3 is 2.05 bits per heavy atom. The average Bonchev–Trinajstić information content (AvgIpc) is 2.42. The van der Waals surface area contributed by atoms with Crippen LogP contribution in [0.1, 0.15) is 57.8 Å². The molecule has 0 atom stereocenters. The molecule has 0 aliphatic carbocycles. The number of rotatable bonds is 13. The van der Waals surface area contributed by atoms with Crippen LogP contribution in [0.4, 0.5) is 0 Å². The first-order chi connectivity index (χ1) is 9.20. The number of hydrogen-bond acceptors (Lipinski definition) is 5. The van der Waals surface area contributed by atoms with Crippen LogP contribution >= 0.6 is 0 Å². The summed E-state index contributed by atoms with van der Waals surface area (Å²) < 4.78 is 5.02. The van der Waals surface area contributed by atoms with Gasteiger partial charge in [0.25, 0.3) is 0 Å². The highest BCUT2D eigenvalue weighted by molar-refractivity contribution is 5.84. The van der Waals surface area contributed by atoms with Crippen molar-refractivity contribution in [2.24, 2.45) is 5.73 Å². The zero-order valence-electron chi connectivity index (χ0n) is 11.7. The number of aliphatic hydroxyl groups excluding tert-OH is 1. The van der Waals surface area contributed by atoms with Gasteiger partial charge in [0.15, 0.2) is 0 Å². The fourth-order valence-electron chi connectivity index (χ4n) is 1.70.